The van der Waals surface area contributed by atoms with Crippen LogP contribution in [0.3, 0.4) is 0 Å². The number of carbonyl (C=O) groups is 1. The zero-order valence-corrected chi connectivity index (χ0v) is 11.0. The van der Waals surface area contributed by atoms with Crippen molar-refractivity contribution in [2.45, 2.75) is 6.92 Å². The lowest BCUT2D eigenvalue weighted by Gasteiger charge is -2.05. The Morgan fingerprint density at radius 3 is 2.89 bits per heavy atom. The maximum Gasteiger partial charge on any atom is 0.374 e. The molecule has 0 saturated heterocycles. The van der Waals surface area contributed by atoms with E-state index in [4.69, 9.17) is 20.8 Å². The van der Waals surface area contributed by atoms with Gasteiger partial charge in [-0.05, 0) is 25.1 Å². The first kappa shape index (κ1) is 13.4. The Kier molecular flexibility index (Phi) is 4.35. The molecule has 2 aromatic heterocycles. The van der Waals surface area contributed by atoms with E-state index < -0.39 is 5.97 Å². The zero-order valence-electron chi connectivity index (χ0n) is 10.2. The first-order chi connectivity index (χ1) is 9.16. The molecule has 0 spiro atoms. The minimum atomic E-state index is -0.480. The molecule has 0 aliphatic rings. The summed E-state index contributed by atoms with van der Waals surface area (Å²) in [5, 5.41) is 10.8. The van der Waals surface area contributed by atoms with Gasteiger partial charge in [0, 0.05) is 5.56 Å². The largest absolute Gasteiger partial charge is 0.458 e. The Balaban J connectivity index is 1.74. The number of esters is 1. The average molecular weight is 282 g/mol. The van der Waals surface area contributed by atoms with E-state index in [1.807, 2.05) is 0 Å². The van der Waals surface area contributed by atoms with E-state index in [0.717, 1.165) is 5.56 Å². The molecular formula is C12H12ClN3O3. The molecule has 19 heavy (non-hydrogen) atoms. The van der Waals surface area contributed by atoms with Gasteiger partial charge in [0.25, 0.3) is 0 Å². The predicted octanol–water partition coefficient (Wildman–Crippen LogP) is 2.30. The molecule has 6 nitrogen and oxygen atoms in total. The van der Waals surface area contributed by atoms with Crippen LogP contribution in [0.1, 0.15) is 16.1 Å². The lowest BCUT2D eigenvalue weighted by molar-refractivity contribution is 0.0483. The van der Waals surface area contributed by atoms with Gasteiger partial charge < -0.3 is 14.5 Å². The average Bonchev–Trinajstić information content (AvgIpc) is 2.83. The molecule has 0 atom stereocenters. The van der Waals surface area contributed by atoms with Gasteiger partial charge in [-0.25, -0.2) is 4.79 Å². The maximum absolute atomic E-state index is 11.6. The molecule has 0 aliphatic heterocycles. The highest BCUT2D eigenvalue weighted by atomic mass is 35.5. The number of nitrogens with zero attached hydrogens (tertiary/aromatic N) is 2. The maximum atomic E-state index is 11.6. The number of nitrogens with one attached hydrogen (secondary N) is 1. The predicted molar refractivity (Wildman–Crippen MR) is 69.3 cm³/mol. The minimum absolute atomic E-state index is 0.198. The zero-order chi connectivity index (χ0) is 13.7. The number of aromatic nitrogens is 2. The second-order valence-electron chi connectivity index (χ2n) is 3.74. The van der Waals surface area contributed by atoms with Crippen molar-refractivity contribution in [3.8, 4) is 0 Å². The van der Waals surface area contributed by atoms with Crippen LogP contribution in [0.5, 0.6) is 0 Å². The smallest absolute Gasteiger partial charge is 0.374 e. The number of rotatable bonds is 5. The first-order valence-electron chi connectivity index (χ1n) is 5.61. The van der Waals surface area contributed by atoms with Crippen LogP contribution in [0.25, 0.3) is 0 Å². The highest BCUT2D eigenvalue weighted by Crippen LogP contribution is 2.10. The molecule has 100 valence electrons. The van der Waals surface area contributed by atoms with Crippen LogP contribution in [-0.2, 0) is 4.74 Å². The SMILES string of the molecule is Cc1ccoc1C(=O)OCCNc1ccc(Cl)nn1. The Morgan fingerprint density at radius 2 is 2.26 bits per heavy atom. The Hall–Kier alpha value is -2.08. The Labute approximate surface area is 114 Å². The summed E-state index contributed by atoms with van der Waals surface area (Å²) < 4.78 is 10.1. The summed E-state index contributed by atoms with van der Waals surface area (Å²) >= 11 is 5.61. The molecule has 0 aromatic carbocycles. The normalized spacial score (nSPS) is 10.2. The molecule has 1 N–H and O–H groups in total. The molecule has 0 unspecified atom stereocenters. The van der Waals surface area contributed by atoms with Gasteiger partial charge in [-0.1, -0.05) is 11.6 Å². The van der Waals surface area contributed by atoms with E-state index in [9.17, 15) is 4.79 Å². The van der Waals surface area contributed by atoms with Crippen molar-refractivity contribution in [1.29, 1.82) is 0 Å². The lowest BCUT2D eigenvalue weighted by atomic mass is 10.3. The Bertz CT molecular complexity index is 554. The molecule has 2 aromatic rings. The van der Waals surface area contributed by atoms with Crippen molar-refractivity contribution in [2.75, 3.05) is 18.5 Å². The molecule has 0 bridgehead atoms. The molecule has 2 heterocycles. The minimum Gasteiger partial charge on any atom is -0.458 e. The van der Waals surface area contributed by atoms with Gasteiger partial charge in [0.05, 0.1) is 12.8 Å². The molecule has 7 heteroatoms. The van der Waals surface area contributed by atoms with Crippen LogP contribution < -0.4 is 5.32 Å². The Morgan fingerprint density at radius 1 is 1.42 bits per heavy atom. The van der Waals surface area contributed by atoms with Crippen molar-refractivity contribution in [1.82, 2.24) is 10.2 Å². The van der Waals surface area contributed by atoms with Gasteiger partial charge >= 0.3 is 5.97 Å². The van der Waals surface area contributed by atoms with Crippen LogP contribution in [0, 0.1) is 6.92 Å². The molecule has 0 saturated carbocycles. The number of aryl methyl sites for hydroxylation is 1. The van der Waals surface area contributed by atoms with Crippen molar-refractivity contribution in [2.24, 2.45) is 0 Å². The molecule has 0 aliphatic carbocycles. The quantitative estimate of drug-likeness (QED) is 0.669. The van der Waals surface area contributed by atoms with Gasteiger partial charge in [0.15, 0.2) is 5.15 Å². The number of halogens is 1. The van der Waals surface area contributed by atoms with Crippen molar-refractivity contribution in [3.63, 3.8) is 0 Å². The van der Waals surface area contributed by atoms with Gasteiger partial charge in [-0.2, -0.15) is 0 Å². The molecule has 0 amide bonds. The molecular weight excluding hydrogens is 270 g/mol. The van der Waals surface area contributed by atoms with E-state index in [1.54, 1.807) is 25.1 Å². The number of ether oxygens (including phenoxy) is 1. The fourth-order valence-electron chi connectivity index (χ4n) is 1.38. The third-order valence-electron chi connectivity index (χ3n) is 2.32. The number of carbonyl (C=O) groups excluding carboxylic acids is 1. The van der Waals surface area contributed by atoms with Crippen LogP contribution in [0.4, 0.5) is 5.82 Å². The summed E-state index contributed by atoms with van der Waals surface area (Å²) in [7, 11) is 0. The van der Waals surface area contributed by atoms with Crippen LogP contribution in [-0.4, -0.2) is 29.3 Å². The summed E-state index contributed by atoms with van der Waals surface area (Å²) in [6, 6.07) is 5.01. The van der Waals surface area contributed by atoms with Crippen molar-refractivity contribution >= 4 is 23.4 Å². The van der Waals surface area contributed by atoms with Crippen LogP contribution in [0.15, 0.2) is 28.9 Å². The van der Waals surface area contributed by atoms with Gasteiger partial charge in [-0.15, -0.1) is 10.2 Å². The lowest BCUT2D eigenvalue weighted by Crippen LogP contribution is -2.14. The van der Waals surface area contributed by atoms with Gasteiger partial charge in [0.2, 0.25) is 5.76 Å². The fourth-order valence-corrected chi connectivity index (χ4v) is 1.48. The highest BCUT2D eigenvalue weighted by Gasteiger charge is 2.13. The molecule has 0 radical (unpaired) electrons. The van der Waals surface area contributed by atoms with E-state index in [0.29, 0.717) is 17.5 Å². The molecule has 0 fully saturated rings. The number of hydrogen-bond acceptors (Lipinski definition) is 6. The highest BCUT2D eigenvalue weighted by molar-refractivity contribution is 6.29. The van der Waals surface area contributed by atoms with E-state index in [-0.39, 0.29) is 12.4 Å². The summed E-state index contributed by atoms with van der Waals surface area (Å²) in [5.74, 6) is 0.312. The van der Waals surface area contributed by atoms with Crippen molar-refractivity contribution in [3.05, 3.63) is 40.9 Å². The first-order valence-corrected chi connectivity index (χ1v) is 5.99. The van der Waals surface area contributed by atoms with Crippen molar-refractivity contribution < 1.29 is 13.9 Å². The van der Waals surface area contributed by atoms with E-state index in [1.165, 1.54) is 6.26 Å². The topological polar surface area (TPSA) is 77.2 Å². The summed E-state index contributed by atoms with van der Waals surface area (Å²) in [4.78, 5) is 11.6. The van der Waals surface area contributed by atoms with E-state index in [2.05, 4.69) is 15.5 Å². The van der Waals surface area contributed by atoms with Gasteiger partial charge in [-0.3, -0.25) is 0 Å². The van der Waals surface area contributed by atoms with Crippen LogP contribution in [0.2, 0.25) is 5.15 Å². The summed E-state index contributed by atoms with van der Waals surface area (Å²) in [6.45, 7) is 2.40. The third-order valence-corrected chi connectivity index (χ3v) is 2.52. The summed E-state index contributed by atoms with van der Waals surface area (Å²) in [6.07, 6.45) is 1.45. The van der Waals surface area contributed by atoms with E-state index >= 15 is 0 Å². The summed E-state index contributed by atoms with van der Waals surface area (Å²) in [5.41, 5.74) is 0.751. The number of furan rings is 1. The number of hydrogen-bond donors (Lipinski definition) is 1. The second-order valence-corrected chi connectivity index (χ2v) is 4.12. The standard InChI is InChI=1S/C12H12ClN3O3/c1-8-4-6-18-11(8)12(17)19-7-5-14-10-3-2-9(13)15-16-10/h2-4,6H,5,7H2,1H3,(H,14,16). The third kappa shape index (κ3) is 3.69. The molecule has 2 rings (SSSR count). The van der Waals surface area contributed by atoms with Crippen LogP contribution >= 0.6 is 11.6 Å². The monoisotopic (exact) mass is 281 g/mol. The fraction of sp³-hybridized carbons (Fsp3) is 0.250. The second kappa shape index (κ2) is 6.19. The number of anilines is 1. The van der Waals surface area contributed by atoms with Gasteiger partial charge in [0.1, 0.15) is 12.4 Å².